The van der Waals surface area contributed by atoms with Crippen LogP contribution >= 0.6 is 0 Å². The minimum atomic E-state index is -0.319. The van der Waals surface area contributed by atoms with Gasteiger partial charge in [-0.25, -0.2) is 9.59 Å². The molecule has 0 aromatic heterocycles. The Morgan fingerprint density at radius 2 is 1.28 bits per heavy atom. The van der Waals surface area contributed by atoms with Crippen LogP contribution in [0.2, 0.25) is 0 Å². The summed E-state index contributed by atoms with van der Waals surface area (Å²) >= 11 is 0. The summed E-state index contributed by atoms with van der Waals surface area (Å²) in [5, 5.41) is 0. The van der Waals surface area contributed by atoms with Gasteiger partial charge in [0.25, 0.3) is 0 Å². The summed E-state index contributed by atoms with van der Waals surface area (Å²) in [5.74, 6) is 0. The minimum absolute atomic E-state index is 0.0651. The van der Waals surface area contributed by atoms with E-state index in [1.165, 1.54) is 0 Å². The molecular weight excluding hydrogens is 236 g/mol. The van der Waals surface area contributed by atoms with Gasteiger partial charge in [0.05, 0.1) is 25.3 Å². The van der Waals surface area contributed by atoms with E-state index in [2.05, 4.69) is 0 Å². The summed E-state index contributed by atoms with van der Waals surface area (Å²) in [4.78, 5) is 26.8. The predicted molar refractivity (Wildman–Crippen MR) is 66.4 cm³/mol. The van der Waals surface area contributed by atoms with Crippen LogP contribution in [-0.2, 0) is 9.47 Å². The first-order valence-corrected chi connectivity index (χ1v) is 6.38. The van der Waals surface area contributed by atoms with Crippen LogP contribution in [-0.4, -0.2) is 60.4 Å². The minimum Gasteiger partial charge on any atom is -0.450 e. The van der Waals surface area contributed by atoms with Crippen molar-refractivity contribution >= 4 is 12.2 Å². The zero-order valence-electron chi connectivity index (χ0n) is 11.5. The maximum absolute atomic E-state index is 11.7. The molecule has 0 spiro atoms. The normalized spacial score (nSPS) is 23.8. The maximum atomic E-state index is 11.7. The summed E-state index contributed by atoms with van der Waals surface area (Å²) in [6, 6.07) is -0.130. The Morgan fingerprint density at radius 1 is 0.944 bits per heavy atom. The molecule has 0 aliphatic carbocycles. The number of rotatable bonds is 2. The molecule has 1 saturated heterocycles. The summed E-state index contributed by atoms with van der Waals surface area (Å²) in [7, 11) is 0. The van der Waals surface area contributed by atoms with Crippen molar-refractivity contribution in [2.24, 2.45) is 0 Å². The molecule has 1 aliphatic rings. The third-order valence-corrected chi connectivity index (χ3v) is 2.99. The lowest BCUT2D eigenvalue weighted by atomic mass is 10.1. The van der Waals surface area contributed by atoms with E-state index in [0.717, 1.165) is 0 Å². The SMILES string of the molecule is CCOC(=O)N1C[C@H](C)N(C(=O)OCC)C[C@@H]1C. The molecule has 104 valence electrons. The van der Waals surface area contributed by atoms with Crippen molar-refractivity contribution in [1.29, 1.82) is 0 Å². The molecule has 0 bridgehead atoms. The smallest absolute Gasteiger partial charge is 0.410 e. The number of carbonyl (C=O) groups is 2. The average molecular weight is 258 g/mol. The van der Waals surface area contributed by atoms with Gasteiger partial charge >= 0.3 is 12.2 Å². The highest BCUT2D eigenvalue weighted by atomic mass is 16.6. The molecule has 6 heteroatoms. The number of nitrogens with zero attached hydrogens (tertiary/aromatic N) is 2. The van der Waals surface area contributed by atoms with Gasteiger partial charge in [0.15, 0.2) is 0 Å². The Morgan fingerprint density at radius 3 is 1.56 bits per heavy atom. The second-order valence-electron chi connectivity index (χ2n) is 4.40. The zero-order valence-corrected chi connectivity index (χ0v) is 11.5. The third-order valence-electron chi connectivity index (χ3n) is 2.99. The number of carbonyl (C=O) groups excluding carboxylic acids is 2. The molecule has 1 aliphatic heterocycles. The van der Waals surface area contributed by atoms with E-state index in [1.54, 1.807) is 23.6 Å². The molecule has 1 fully saturated rings. The van der Waals surface area contributed by atoms with Gasteiger partial charge in [0.1, 0.15) is 0 Å². The second kappa shape index (κ2) is 6.47. The fraction of sp³-hybridized carbons (Fsp3) is 0.833. The quantitative estimate of drug-likeness (QED) is 0.756. The number of hydrogen-bond acceptors (Lipinski definition) is 4. The fourth-order valence-electron chi connectivity index (χ4n) is 2.05. The lowest BCUT2D eigenvalue weighted by Gasteiger charge is -2.42. The van der Waals surface area contributed by atoms with Crippen LogP contribution in [0.3, 0.4) is 0 Å². The van der Waals surface area contributed by atoms with E-state index in [4.69, 9.17) is 9.47 Å². The highest BCUT2D eigenvalue weighted by molar-refractivity contribution is 5.71. The van der Waals surface area contributed by atoms with Gasteiger partial charge < -0.3 is 19.3 Å². The highest BCUT2D eigenvalue weighted by Gasteiger charge is 2.35. The molecule has 0 radical (unpaired) electrons. The molecule has 0 aromatic carbocycles. The monoisotopic (exact) mass is 258 g/mol. The van der Waals surface area contributed by atoms with Gasteiger partial charge in [-0.2, -0.15) is 0 Å². The summed E-state index contributed by atoms with van der Waals surface area (Å²) < 4.78 is 9.99. The van der Waals surface area contributed by atoms with Gasteiger partial charge in [-0.05, 0) is 27.7 Å². The van der Waals surface area contributed by atoms with Gasteiger partial charge in [0, 0.05) is 13.1 Å². The van der Waals surface area contributed by atoms with E-state index in [-0.39, 0.29) is 24.3 Å². The van der Waals surface area contributed by atoms with E-state index >= 15 is 0 Å². The fourth-order valence-corrected chi connectivity index (χ4v) is 2.05. The largest absolute Gasteiger partial charge is 0.450 e. The molecule has 2 atom stereocenters. The first-order chi connectivity index (χ1) is 8.51. The molecule has 6 nitrogen and oxygen atoms in total. The highest BCUT2D eigenvalue weighted by Crippen LogP contribution is 2.17. The summed E-state index contributed by atoms with van der Waals surface area (Å²) in [6.07, 6.45) is -0.638. The van der Waals surface area contributed by atoms with Gasteiger partial charge in [-0.3, -0.25) is 0 Å². The van der Waals surface area contributed by atoms with Crippen molar-refractivity contribution in [3.8, 4) is 0 Å². The predicted octanol–water partition coefficient (Wildman–Crippen LogP) is 1.69. The molecule has 18 heavy (non-hydrogen) atoms. The van der Waals surface area contributed by atoms with E-state index in [1.807, 2.05) is 13.8 Å². The molecule has 2 amide bonds. The Bertz CT molecular complexity index is 278. The average Bonchev–Trinajstić information content (AvgIpc) is 2.32. The van der Waals surface area contributed by atoms with E-state index in [0.29, 0.717) is 26.3 Å². The molecule has 0 aromatic rings. The number of ether oxygens (including phenoxy) is 2. The van der Waals surface area contributed by atoms with E-state index in [9.17, 15) is 9.59 Å². The van der Waals surface area contributed by atoms with Gasteiger partial charge in [0.2, 0.25) is 0 Å². The first-order valence-electron chi connectivity index (χ1n) is 6.38. The van der Waals surface area contributed by atoms with Crippen molar-refractivity contribution in [2.75, 3.05) is 26.3 Å². The number of amides is 2. The maximum Gasteiger partial charge on any atom is 0.410 e. The summed E-state index contributed by atoms with van der Waals surface area (Å²) in [6.45, 7) is 9.01. The number of piperazine rings is 1. The lowest BCUT2D eigenvalue weighted by molar-refractivity contribution is 0.0227. The van der Waals surface area contributed by atoms with Gasteiger partial charge in [-0.1, -0.05) is 0 Å². The molecule has 0 saturated carbocycles. The third kappa shape index (κ3) is 3.27. The standard InChI is InChI=1S/C12H22N2O4/c1-5-17-11(15)13-7-10(4)14(8-9(13)3)12(16)18-6-2/h9-10H,5-8H2,1-4H3/t9-,10-/m0/s1. The van der Waals surface area contributed by atoms with Crippen LogP contribution in [0.25, 0.3) is 0 Å². The topological polar surface area (TPSA) is 59.1 Å². The van der Waals surface area contributed by atoms with Crippen molar-refractivity contribution < 1.29 is 19.1 Å². The van der Waals surface area contributed by atoms with Crippen LogP contribution in [0.4, 0.5) is 9.59 Å². The van der Waals surface area contributed by atoms with Gasteiger partial charge in [-0.15, -0.1) is 0 Å². The van der Waals surface area contributed by atoms with Crippen molar-refractivity contribution in [2.45, 2.75) is 39.8 Å². The first kappa shape index (κ1) is 14.6. The van der Waals surface area contributed by atoms with Crippen LogP contribution in [0, 0.1) is 0 Å². The second-order valence-corrected chi connectivity index (χ2v) is 4.40. The molecule has 1 heterocycles. The lowest BCUT2D eigenvalue weighted by Crippen LogP contribution is -2.59. The zero-order chi connectivity index (χ0) is 13.7. The van der Waals surface area contributed by atoms with Crippen molar-refractivity contribution in [3.63, 3.8) is 0 Å². The Balaban J connectivity index is 2.64. The Kier molecular flexibility index (Phi) is 5.25. The van der Waals surface area contributed by atoms with Crippen LogP contribution in [0.15, 0.2) is 0 Å². The Hall–Kier alpha value is -1.46. The van der Waals surface area contributed by atoms with Crippen molar-refractivity contribution in [3.05, 3.63) is 0 Å². The van der Waals surface area contributed by atoms with Crippen molar-refractivity contribution in [1.82, 2.24) is 9.80 Å². The molecule has 1 rings (SSSR count). The molecule has 0 unspecified atom stereocenters. The molecular formula is C12H22N2O4. The molecule has 0 N–H and O–H groups in total. The summed E-state index contributed by atoms with van der Waals surface area (Å²) in [5.41, 5.74) is 0. The van der Waals surface area contributed by atoms with Crippen LogP contribution in [0.1, 0.15) is 27.7 Å². The van der Waals surface area contributed by atoms with E-state index < -0.39 is 0 Å². The van der Waals surface area contributed by atoms with Crippen LogP contribution in [0.5, 0.6) is 0 Å². The number of hydrogen-bond donors (Lipinski definition) is 0. The Labute approximate surface area is 108 Å². The van der Waals surface area contributed by atoms with Crippen LogP contribution < -0.4 is 0 Å².